The monoisotopic (exact) mass is 487 g/mol. The van der Waals surface area contributed by atoms with E-state index < -0.39 is 15.9 Å². The Bertz CT molecular complexity index is 1600. The molecule has 0 aliphatic rings. The number of nitrogens with one attached hydrogen (secondary N) is 1. The Morgan fingerprint density at radius 2 is 1.63 bits per heavy atom. The van der Waals surface area contributed by atoms with Crippen LogP contribution in [0.5, 0.6) is 5.75 Å². The van der Waals surface area contributed by atoms with Crippen LogP contribution in [0.25, 0.3) is 16.9 Å². The number of anilines is 1. The lowest BCUT2D eigenvalue weighted by Crippen LogP contribution is -2.10. The molecule has 2 aromatic heterocycles. The average Bonchev–Trinajstić information content (AvgIpc) is 3.23. The lowest BCUT2D eigenvalue weighted by atomic mass is 10.1. The maximum Gasteiger partial charge on any atom is 0.339 e. The van der Waals surface area contributed by atoms with Crippen LogP contribution >= 0.6 is 0 Å². The summed E-state index contributed by atoms with van der Waals surface area (Å²) in [5.74, 6) is 0.307. The number of halogens is 1. The molecule has 176 valence electrons. The van der Waals surface area contributed by atoms with E-state index >= 15 is 0 Å². The van der Waals surface area contributed by atoms with Crippen molar-refractivity contribution in [3.8, 4) is 17.0 Å². The first-order chi connectivity index (χ1) is 16.9. The van der Waals surface area contributed by atoms with Crippen LogP contribution in [0.4, 0.5) is 10.2 Å². The van der Waals surface area contributed by atoms with Crippen molar-refractivity contribution in [2.75, 3.05) is 5.32 Å². The van der Waals surface area contributed by atoms with Crippen LogP contribution in [0.3, 0.4) is 0 Å². The fourth-order valence-corrected chi connectivity index (χ4v) is 4.79. The van der Waals surface area contributed by atoms with E-state index in [0.29, 0.717) is 23.6 Å². The number of aryl methyl sites for hydroxylation is 1. The first kappa shape index (κ1) is 22.6. The van der Waals surface area contributed by atoms with Crippen LogP contribution in [0.15, 0.2) is 102 Å². The summed E-state index contributed by atoms with van der Waals surface area (Å²) in [6, 6.07) is 25.2. The Kier molecular flexibility index (Phi) is 5.96. The molecule has 8 heteroatoms. The zero-order valence-corrected chi connectivity index (χ0v) is 19.7. The van der Waals surface area contributed by atoms with Gasteiger partial charge in [0.2, 0.25) is 0 Å². The summed E-state index contributed by atoms with van der Waals surface area (Å²) in [6.45, 7) is 2.51. The summed E-state index contributed by atoms with van der Waals surface area (Å²) in [4.78, 5) is 4.71. The van der Waals surface area contributed by atoms with Crippen LogP contribution in [0, 0.1) is 12.7 Å². The molecule has 0 spiro atoms. The van der Waals surface area contributed by atoms with Crippen molar-refractivity contribution in [2.24, 2.45) is 0 Å². The van der Waals surface area contributed by atoms with Gasteiger partial charge in [-0.2, -0.15) is 8.42 Å². The zero-order chi connectivity index (χ0) is 24.4. The van der Waals surface area contributed by atoms with Crippen molar-refractivity contribution >= 4 is 21.6 Å². The molecule has 0 saturated carbocycles. The number of hydrogen-bond acceptors (Lipinski definition) is 5. The molecule has 0 saturated heterocycles. The molecule has 6 nitrogen and oxygen atoms in total. The standard InChI is InChI=1S/C27H22FN3O3S/c1-19-8-7-17-31-26(19)30-25(27(31)29-18-20-9-3-2-4-10-20)23-11-5-6-12-24(23)34-35(32,33)22-15-13-21(28)14-16-22/h2-17,29H,18H2,1H3. The van der Waals surface area contributed by atoms with Crippen molar-refractivity contribution in [1.29, 1.82) is 0 Å². The molecule has 0 aliphatic carbocycles. The highest BCUT2D eigenvalue weighted by atomic mass is 32.2. The van der Waals surface area contributed by atoms with Crippen LogP contribution in [0.2, 0.25) is 0 Å². The van der Waals surface area contributed by atoms with Crippen molar-refractivity contribution in [3.63, 3.8) is 0 Å². The Labute approximate surface area is 202 Å². The zero-order valence-electron chi connectivity index (χ0n) is 18.9. The highest BCUT2D eigenvalue weighted by Gasteiger charge is 2.23. The second-order valence-corrected chi connectivity index (χ2v) is 9.57. The molecule has 0 bridgehead atoms. The van der Waals surface area contributed by atoms with Gasteiger partial charge < -0.3 is 9.50 Å². The maximum absolute atomic E-state index is 13.3. The highest BCUT2D eigenvalue weighted by molar-refractivity contribution is 7.87. The van der Waals surface area contributed by atoms with E-state index in [-0.39, 0.29) is 10.6 Å². The van der Waals surface area contributed by atoms with Gasteiger partial charge in [-0.15, -0.1) is 0 Å². The first-order valence-corrected chi connectivity index (χ1v) is 12.4. The minimum atomic E-state index is -4.19. The van der Waals surface area contributed by atoms with Crippen molar-refractivity contribution < 1.29 is 17.0 Å². The Balaban J connectivity index is 1.59. The van der Waals surface area contributed by atoms with Gasteiger partial charge in [-0.05, 0) is 60.5 Å². The number of pyridine rings is 1. The number of imidazole rings is 1. The van der Waals surface area contributed by atoms with Gasteiger partial charge >= 0.3 is 10.1 Å². The van der Waals surface area contributed by atoms with Crippen LogP contribution in [-0.4, -0.2) is 17.8 Å². The van der Waals surface area contributed by atoms with Gasteiger partial charge in [0, 0.05) is 18.3 Å². The molecule has 0 unspecified atom stereocenters. The first-order valence-electron chi connectivity index (χ1n) is 11.0. The summed E-state index contributed by atoms with van der Waals surface area (Å²) in [5.41, 5.74) is 3.87. The number of fused-ring (bicyclic) bond motifs is 1. The number of benzene rings is 3. The molecule has 5 rings (SSSR count). The predicted molar refractivity (Wildman–Crippen MR) is 133 cm³/mol. The number of rotatable bonds is 7. The molecular weight excluding hydrogens is 465 g/mol. The molecule has 0 atom stereocenters. The second-order valence-electron chi connectivity index (χ2n) is 8.02. The third kappa shape index (κ3) is 4.61. The number of aromatic nitrogens is 2. The second kappa shape index (κ2) is 9.23. The number of hydrogen-bond donors (Lipinski definition) is 1. The van der Waals surface area contributed by atoms with Gasteiger partial charge in [0.05, 0.1) is 0 Å². The van der Waals surface area contributed by atoms with E-state index in [9.17, 15) is 12.8 Å². The smallest absolute Gasteiger partial charge is 0.339 e. The van der Waals surface area contributed by atoms with Gasteiger partial charge in [0.25, 0.3) is 0 Å². The molecule has 0 radical (unpaired) electrons. The van der Waals surface area contributed by atoms with E-state index in [1.165, 1.54) is 12.1 Å². The highest BCUT2D eigenvalue weighted by Crippen LogP contribution is 2.37. The van der Waals surface area contributed by atoms with E-state index in [1.807, 2.05) is 60.0 Å². The summed E-state index contributed by atoms with van der Waals surface area (Å²) >= 11 is 0. The lowest BCUT2D eigenvalue weighted by molar-refractivity contribution is 0.486. The van der Waals surface area contributed by atoms with E-state index in [2.05, 4.69) is 5.32 Å². The maximum atomic E-state index is 13.3. The Morgan fingerprint density at radius 3 is 2.40 bits per heavy atom. The van der Waals surface area contributed by atoms with Gasteiger partial charge in [-0.1, -0.05) is 48.5 Å². The SMILES string of the molecule is Cc1cccn2c(NCc3ccccc3)c(-c3ccccc3OS(=O)(=O)c3ccc(F)cc3)nc12. The molecule has 0 fully saturated rings. The normalized spacial score (nSPS) is 11.5. The van der Waals surface area contributed by atoms with Gasteiger partial charge in [-0.3, -0.25) is 4.40 Å². The molecule has 2 heterocycles. The summed E-state index contributed by atoms with van der Waals surface area (Å²) in [5, 5.41) is 3.46. The quantitative estimate of drug-likeness (QED) is 0.293. The van der Waals surface area contributed by atoms with Crippen LogP contribution in [0.1, 0.15) is 11.1 Å². The molecule has 0 aliphatic heterocycles. The molecule has 3 aromatic carbocycles. The summed E-state index contributed by atoms with van der Waals surface area (Å²) in [7, 11) is -4.19. The summed E-state index contributed by atoms with van der Waals surface area (Å²) < 4.78 is 46.6. The van der Waals surface area contributed by atoms with Gasteiger partial charge in [0.15, 0.2) is 5.75 Å². The van der Waals surface area contributed by atoms with E-state index in [1.54, 1.807) is 24.3 Å². The van der Waals surface area contributed by atoms with Gasteiger partial charge in [0.1, 0.15) is 27.9 Å². The minimum Gasteiger partial charge on any atom is -0.378 e. The van der Waals surface area contributed by atoms with Crippen molar-refractivity contribution in [1.82, 2.24) is 9.38 Å². The predicted octanol–water partition coefficient (Wildman–Crippen LogP) is 5.83. The Morgan fingerprint density at radius 1 is 0.914 bits per heavy atom. The minimum absolute atomic E-state index is 0.126. The van der Waals surface area contributed by atoms with Gasteiger partial charge in [-0.25, -0.2) is 9.37 Å². The molecule has 0 amide bonds. The largest absolute Gasteiger partial charge is 0.378 e. The van der Waals surface area contributed by atoms with Crippen molar-refractivity contribution in [2.45, 2.75) is 18.4 Å². The van der Waals surface area contributed by atoms with E-state index in [0.717, 1.165) is 28.9 Å². The Hall–Kier alpha value is -4.17. The molecular formula is C27H22FN3O3S. The molecule has 35 heavy (non-hydrogen) atoms. The number of para-hydroxylation sites is 1. The average molecular weight is 488 g/mol. The lowest BCUT2D eigenvalue weighted by Gasteiger charge is -2.13. The fraction of sp³-hybridized carbons (Fsp3) is 0.0741. The third-order valence-electron chi connectivity index (χ3n) is 5.59. The molecule has 5 aromatic rings. The van der Waals surface area contributed by atoms with Crippen molar-refractivity contribution in [3.05, 3.63) is 114 Å². The van der Waals surface area contributed by atoms with Crippen LogP contribution < -0.4 is 9.50 Å². The number of nitrogens with zero attached hydrogens (tertiary/aromatic N) is 2. The summed E-state index contributed by atoms with van der Waals surface area (Å²) in [6.07, 6.45) is 1.91. The van der Waals surface area contributed by atoms with Crippen LogP contribution in [-0.2, 0) is 16.7 Å². The third-order valence-corrected chi connectivity index (χ3v) is 6.84. The topological polar surface area (TPSA) is 72.7 Å². The molecule has 1 N–H and O–H groups in total. The van der Waals surface area contributed by atoms with E-state index in [4.69, 9.17) is 9.17 Å². The fourth-order valence-electron chi connectivity index (χ4n) is 3.84.